The first-order valence-electron chi connectivity index (χ1n) is 8.00. The number of halogens is 1. The molecule has 0 aliphatic carbocycles. The number of benzene rings is 1. The summed E-state index contributed by atoms with van der Waals surface area (Å²) >= 11 is 0. The molecule has 0 bridgehead atoms. The molecule has 0 unspecified atom stereocenters. The zero-order valence-electron chi connectivity index (χ0n) is 14.5. The Morgan fingerprint density at radius 1 is 1.36 bits per heavy atom. The Labute approximate surface area is 145 Å². The summed E-state index contributed by atoms with van der Waals surface area (Å²) in [6, 6.07) is 7.26. The van der Waals surface area contributed by atoms with Gasteiger partial charge < -0.3 is 10.4 Å². The van der Waals surface area contributed by atoms with Gasteiger partial charge in [0.25, 0.3) is 5.91 Å². The van der Waals surface area contributed by atoms with Crippen molar-refractivity contribution < 1.29 is 14.3 Å². The van der Waals surface area contributed by atoms with E-state index in [-0.39, 0.29) is 29.9 Å². The Morgan fingerprint density at radius 2 is 2.04 bits per heavy atom. The number of hydrogen-bond acceptors (Lipinski definition) is 4. The molecule has 0 saturated heterocycles. The van der Waals surface area contributed by atoms with Crippen molar-refractivity contribution in [3.63, 3.8) is 0 Å². The minimum Gasteiger partial charge on any atom is -0.396 e. The Balaban J connectivity index is 2.33. The van der Waals surface area contributed by atoms with Gasteiger partial charge in [-0.05, 0) is 30.9 Å². The van der Waals surface area contributed by atoms with Crippen LogP contribution in [0.15, 0.2) is 35.1 Å². The van der Waals surface area contributed by atoms with E-state index in [2.05, 4.69) is 10.4 Å². The summed E-state index contributed by atoms with van der Waals surface area (Å²) in [5.74, 6) is -1.13. The maximum absolute atomic E-state index is 14.0. The summed E-state index contributed by atoms with van der Waals surface area (Å²) in [7, 11) is 0. The molecule has 0 spiro atoms. The molecule has 1 aromatic carbocycles. The van der Waals surface area contributed by atoms with E-state index in [1.165, 1.54) is 22.9 Å². The number of carbonyl (C=O) groups is 1. The van der Waals surface area contributed by atoms with Crippen molar-refractivity contribution in [2.24, 2.45) is 5.41 Å². The molecular weight excluding hydrogens is 325 g/mol. The molecule has 2 N–H and O–H groups in total. The van der Waals surface area contributed by atoms with Crippen LogP contribution in [0.3, 0.4) is 0 Å². The molecule has 0 aliphatic heterocycles. The van der Waals surface area contributed by atoms with Gasteiger partial charge in [0, 0.05) is 24.9 Å². The minimum atomic E-state index is -0.624. The molecule has 2 rings (SSSR count). The number of amides is 1. The van der Waals surface area contributed by atoms with Gasteiger partial charge in [-0.1, -0.05) is 26.0 Å². The third-order valence-corrected chi connectivity index (χ3v) is 3.92. The normalized spacial score (nSPS) is 11.4. The number of rotatable bonds is 6. The van der Waals surface area contributed by atoms with Crippen molar-refractivity contribution in [2.75, 3.05) is 13.2 Å². The lowest BCUT2D eigenvalue weighted by Crippen LogP contribution is -2.38. The molecule has 0 atom stereocenters. The summed E-state index contributed by atoms with van der Waals surface area (Å²) in [6.07, 6.45) is 0.508. The van der Waals surface area contributed by atoms with E-state index in [0.29, 0.717) is 12.1 Å². The van der Waals surface area contributed by atoms with Crippen molar-refractivity contribution in [3.8, 4) is 5.69 Å². The summed E-state index contributed by atoms with van der Waals surface area (Å²) in [5, 5.41) is 15.7. The van der Waals surface area contributed by atoms with Crippen molar-refractivity contribution >= 4 is 5.91 Å². The maximum atomic E-state index is 14.0. The van der Waals surface area contributed by atoms with Crippen molar-refractivity contribution in [1.29, 1.82) is 0 Å². The molecule has 0 saturated carbocycles. The number of aromatic nitrogens is 2. The number of aliphatic hydroxyl groups is 1. The number of hydrogen-bond donors (Lipinski definition) is 2. The molecule has 0 aliphatic rings. The summed E-state index contributed by atoms with van der Waals surface area (Å²) in [5.41, 5.74) is -0.558. The topological polar surface area (TPSA) is 84.2 Å². The fourth-order valence-corrected chi connectivity index (χ4v) is 2.37. The molecule has 25 heavy (non-hydrogen) atoms. The largest absolute Gasteiger partial charge is 0.396 e. The van der Waals surface area contributed by atoms with Crippen LogP contribution in [-0.4, -0.2) is 33.9 Å². The quantitative estimate of drug-likeness (QED) is 0.835. The van der Waals surface area contributed by atoms with Crippen LogP contribution in [-0.2, 0) is 0 Å². The van der Waals surface area contributed by atoms with E-state index in [4.69, 9.17) is 5.11 Å². The number of nitrogens with zero attached hydrogens (tertiary/aromatic N) is 2. The van der Waals surface area contributed by atoms with E-state index < -0.39 is 17.2 Å². The first kappa shape index (κ1) is 18.8. The third kappa shape index (κ3) is 4.51. The van der Waals surface area contributed by atoms with E-state index in [1.54, 1.807) is 19.1 Å². The van der Waals surface area contributed by atoms with Gasteiger partial charge in [-0.15, -0.1) is 0 Å². The molecule has 0 fully saturated rings. The fourth-order valence-electron chi connectivity index (χ4n) is 2.37. The average molecular weight is 347 g/mol. The van der Waals surface area contributed by atoms with Crippen LogP contribution in [0.2, 0.25) is 0 Å². The Kier molecular flexibility index (Phi) is 5.69. The molecule has 1 amide bonds. The third-order valence-electron chi connectivity index (χ3n) is 3.92. The summed E-state index contributed by atoms with van der Waals surface area (Å²) < 4.78 is 15.3. The smallest absolute Gasteiger partial charge is 0.275 e. The number of carbonyl (C=O) groups excluding carboxylic acids is 1. The van der Waals surface area contributed by atoms with Gasteiger partial charge in [0.05, 0.1) is 0 Å². The fraction of sp³-hybridized carbons (Fsp3) is 0.389. The second kappa shape index (κ2) is 7.57. The van der Waals surface area contributed by atoms with E-state index >= 15 is 0 Å². The molecular formula is C18H22FN3O3. The van der Waals surface area contributed by atoms with Crippen molar-refractivity contribution in [2.45, 2.75) is 27.2 Å². The predicted molar refractivity (Wildman–Crippen MR) is 92.3 cm³/mol. The second-order valence-electron chi connectivity index (χ2n) is 6.68. The summed E-state index contributed by atoms with van der Waals surface area (Å²) in [6.45, 7) is 5.69. The second-order valence-corrected chi connectivity index (χ2v) is 6.68. The minimum absolute atomic E-state index is 0.00570. The summed E-state index contributed by atoms with van der Waals surface area (Å²) in [4.78, 5) is 24.5. The highest BCUT2D eigenvalue weighted by Gasteiger charge is 2.21. The van der Waals surface area contributed by atoms with Crippen LogP contribution in [0.1, 0.15) is 36.5 Å². The maximum Gasteiger partial charge on any atom is 0.275 e. The van der Waals surface area contributed by atoms with E-state index in [1.807, 2.05) is 13.8 Å². The monoisotopic (exact) mass is 347 g/mol. The van der Waals surface area contributed by atoms with Gasteiger partial charge in [0.15, 0.2) is 5.69 Å². The molecule has 1 aromatic heterocycles. The van der Waals surface area contributed by atoms with E-state index in [0.717, 1.165) is 0 Å². The lowest BCUT2D eigenvalue weighted by molar-refractivity contribution is 0.0920. The van der Waals surface area contributed by atoms with Crippen LogP contribution < -0.4 is 10.7 Å². The zero-order valence-corrected chi connectivity index (χ0v) is 14.5. The Hall–Kier alpha value is -2.54. The van der Waals surface area contributed by atoms with Crippen molar-refractivity contribution in [1.82, 2.24) is 15.1 Å². The zero-order chi connectivity index (χ0) is 18.6. The first-order valence-corrected chi connectivity index (χ1v) is 8.00. The predicted octanol–water partition coefficient (Wildman–Crippen LogP) is 1.82. The highest BCUT2D eigenvalue weighted by atomic mass is 19.1. The number of aliphatic hydroxyl groups excluding tert-OH is 1. The number of aryl methyl sites for hydroxylation is 1. The molecule has 0 radical (unpaired) electrons. The highest BCUT2D eigenvalue weighted by molar-refractivity contribution is 5.92. The number of para-hydroxylation sites is 1. The lowest BCUT2D eigenvalue weighted by atomic mass is 9.90. The van der Waals surface area contributed by atoms with Crippen molar-refractivity contribution in [3.05, 3.63) is 57.8 Å². The molecule has 2 aromatic rings. The molecule has 1 heterocycles. The Morgan fingerprint density at radius 3 is 2.68 bits per heavy atom. The average Bonchev–Trinajstić information content (AvgIpc) is 2.54. The van der Waals surface area contributed by atoms with Gasteiger partial charge in [0.1, 0.15) is 11.5 Å². The SMILES string of the molecule is Cc1cc(=O)c(C(=O)NCC(C)(C)CCO)nn1-c1ccccc1F. The standard InChI is InChI=1S/C18H22FN3O3/c1-12-10-15(24)16(17(25)20-11-18(2,3)8-9-23)21-22(12)14-7-5-4-6-13(14)19/h4-7,10,23H,8-9,11H2,1-3H3,(H,20,25). The molecule has 7 heteroatoms. The van der Waals surface area contributed by atoms with Gasteiger partial charge in [-0.3, -0.25) is 9.59 Å². The van der Waals surface area contributed by atoms with Crippen LogP contribution in [0.25, 0.3) is 5.69 Å². The van der Waals surface area contributed by atoms with Crippen LogP contribution in [0, 0.1) is 18.2 Å². The van der Waals surface area contributed by atoms with E-state index in [9.17, 15) is 14.0 Å². The number of nitrogens with one attached hydrogen (secondary N) is 1. The lowest BCUT2D eigenvalue weighted by Gasteiger charge is -2.23. The van der Waals surface area contributed by atoms with Crippen LogP contribution in [0.4, 0.5) is 4.39 Å². The molecule has 6 nitrogen and oxygen atoms in total. The van der Waals surface area contributed by atoms with Gasteiger partial charge in [-0.25, -0.2) is 9.07 Å². The highest BCUT2D eigenvalue weighted by Crippen LogP contribution is 2.18. The Bertz CT molecular complexity index is 831. The van der Waals surface area contributed by atoms with Gasteiger partial charge in [-0.2, -0.15) is 5.10 Å². The molecule has 134 valence electrons. The first-order chi connectivity index (χ1) is 11.7. The van der Waals surface area contributed by atoms with Crippen LogP contribution in [0.5, 0.6) is 0 Å². The van der Waals surface area contributed by atoms with Crippen LogP contribution >= 0.6 is 0 Å². The van der Waals surface area contributed by atoms with Gasteiger partial charge >= 0.3 is 0 Å². The van der Waals surface area contributed by atoms with Gasteiger partial charge in [0.2, 0.25) is 5.43 Å².